The number of hydrogen-bond acceptors (Lipinski definition) is 2. The van der Waals surface area contributed by atoms with Crippen LogP contribution < -0.4 is 0 Å². The summed E-state index contributed by atoms with van der Waals surface area (Å²) in [6.07, 6.45) is 2.73. The summed E-state index contributed by atoms with van der Waals surface area (Å²) in [7, 11) is 0. The first-order valence-electron chi connectivity index (χ1n) is 6.08. The zero-order valence-corrected chi connectivity index (χ0v) is 9.86. The summed E-state index contributed by atoms with van der Waals surface area (Å²) in [5, 5.41) is 10.2. The molecule has 1 aromatic rings. The molecule has 1 heterocycles. The number of benzene rings is 1. The first-order chi connectivity index (χ1) is 7.77. The van der Waals surface area contributed by atoms with Gasteiger partial charge in [0.1, 0.15) is 0 Å². The third kappa shape index (κ3) is 2.83. The van der Waals surface area contributed by atoms with Gasteiger partial charge in [0, 0.05) is 13.2 Å². The van der Waals surface area contributed by atoms with E-state index in [1.807, 2.05) is 18.2 Å². The highest BCUT2D eigenvalue weighted by Crippen LogP contribution is 2.28. The van der Waals surface area contributed by atoms with E-state index in [4.69, 9.17) is 4.74 Å². The molecule has 16 heavy (non-hydrogen) atoms. The Hall–Kier alpha value is -0.860. The Balaban J connectivity index is 1.96. The van der Waals surface area contributed by atoms with E-state index in [0.29, 0.717) is 5.92 Å². The Bertz CT molecular complexity index is 329. The molecule has 0 radical (unpaired) electrons. The van der Waals surface area contributed by atoms with Crippen LogP contribution >= 0.6 is 0 Å². The second-order valence-corrected chi connectivity index (χ2v) is 4.66. The Labute approximate surface area is 97.3 Å². The lowest BCUT2D eigenvalue weighted by atomic mass is 9.90. The molecule has 0 aliphatic carbocycles. The molecule has 0 amide bonds. The summed E-state index contributed by atoms with van der Waals surface area (Å²) in [6, 6.07) is 8.09. The minimum absolute atomic E-state index is 0.315. The topological polar surface area (TPSA) is 29.5 Å². The number of aliphatic hydroxyl groups excluding tert-OH is 1. The normalized spacial score (nSPS) is 19.6. The Morgan fingerprint density at radius 3 is 2.69 bits per heavy atom. The summed E-state index contributed by atoms with van der Waals surface area (Å²) in [5.41, 5.74) is 2.26. The Morgan fingerprint density at radius 1 is 1.31 bits per heavy atom. The molecule has 1 saturated heterocycles. The molecule has 1 atom stereocenters. The molecule has 1 fully saturated rings. The smallest absolute Gasteiger partial charge is 0.0795 e. The van der Waals surface area contributed by atoms with E-state index >= 15 is 0 Å². The third-order valence-corrected chi connectivity index (χ3v) is 3.44. The van der Waals surface area contributed by atoms with Crippen molar-refractivity contribution in [1.29, 1.82) is 0 Å². The van der Waals surface area contributed by atoms with Crippen LogP contribution in [0.2, 0.25) is 0 Å². The van der Waals surface area contributed by atoms with Crippen molar-refractivity contribution in [1.82, 2.24) is 0 Å². The zero-order valence-electron chi connectivity index (χ0n) is 9.86. The third-order valence-electron chi connectivity index (χ3n) is 3.44. The highest BCUT2D eigenvalue weighted by atomic mass is 16.5. The van der Waals surface area contributed by atoms with Crippen molar-refractivity contribution in [3.8, 4) is 0 Å². The Kier molecular flexibility index (Phi) is 3.97. The maximum absolute atomic E-state index is 10.2. The van der Waals surface area contributed by atoms with Crippen molar-refractivity contribution in [3.63, 3.8) is 0 Å². The predicted molar refractivity (Wildman–Crippen MR) is 64.3 cm³/mol. The molecule has 0 spiro atoms. The van der Waals surface area contributed by atoms with Crippen LogP contribution in [0, 0.1) is 12.8 Å². The van der Waals surface area contributed by atoms with E-state index in [1.165, 1.54) is 5.56 Å². The van der Waals surface area contributed by atoms with Crippen molar-refractivity contribution in [3.05, 3.63) is 35.4 Å². The molecular weight excluding hydrogens is 200 g/mol. The standard InChI is InChI=1S/C14H20O2/c1-11-4-2-3-5-13(11)14(15)10-12-6-8-16-9-7-12/h2-5,12,14-15H,6-10H2,1H3. The monoisotopic (exact) mass is 220 g/mol. The largest absolute Gasteiger partial charge is 0.388 e. The first kappa shape index (κ1) is 11.6. The minimum atomic E-state index is -0.315. The molecule has 1 aliphatic heterocycles. The molecule has 0 saturated carbocycles. The van der Waals surface area contributed by atoms with Crippen LogP contribution in [0.15, 0.2) is 24.3 Å². The molecule has 2 nitrogen and oxygen atoms in total. The second kappa shape index (κ2) is 5.46. The van der Waals surface area contributed by atoms with Gasteiger partial charge in [-0.2, -0.15) is 0 Å². The van der Waals surface area contributed by atoms with Crippen LogP contribution in [-0.2, 0) is 4.74 Å². The average molecular weight is 220 g/mol. The molecule has 1 unspecified atom stereocenters. The van der Waals surface area contributed by atoms with Crippen LogP contribution in [0.25, 0.3) is 0 Å². The fourth-order valence-electron chi connectivity index (χ4n) is 2.39. The van der Waals surface area contributed by atoms with Crippen LogP contribution in [0.4, 0.5) is 0 Å². The molecule has 88 valence electrons. The van der Waals surface area contributed by atoms with Gasteiger partial charge in [-0.25, -0.2) is 0 Å². The van der Waals surface area contributed by atoms with Gasteiger partial charge >= 0.3 is 0 Å². The minimum Gasteiger partial charge on any atom is -0.388 e. The van der Waals surface area contributed by atoms with Crippen molar-refractivity contribution >= 4 is 0 Å². The predicted octanol–water partition coefficient (Wildman–Crippen LogP) is 2.85. The van der Waals surface area contributed by atoms with Crippen LogP contribution in [-0.4, -0.2) is 18.3 Å². The maximum Gasteiger partial charge on any atom is 0.0795 e. The van der Waals surface area contributed by atoms with Gasteiger partial charge in [0.05, 0.1) is 6.10 Å². The quantitative estimate of drug-likeness (QED) is 0.848. The van der Waals surface area contributed by atoms with E-state index in [9.17, 15) is 5.11 Å². The number of ether oxygens (including phenoxy) is 1. The lowest BCUT2D eigenvalue weighted by molar-refractivity contribution is 0.0434. The van der Waals surface area contributed by atoms with Gasteiger partial charge in [-0.05, 0) is 43.2 Å². The van der Waals surface area contributed by atoms with Crippen molar-refractivity contribution in [2.45, 2.75) is 32.3 Å². The number of rotatable bonds is 3. The SMILES string of the molecule is Cc1ccccc1C(O)CC1CCOCC1. The fourth-order valence-corrected chi connectivity index (χ4v) is 2.39. The van der Waals surface area contributed by atoms with Crippen molar-refractivity contribution in [2.24, 2.45) is 5.92 Å². The molecule has 0 bridgehead atoms. The zero-order chi connectivity index (χ0) is 11.4. The van der Waals surface area contributed by atoms with Gasteiger partial charge in [0.2, 0.25) is 0 Å². The van der Waals surface area contributed by atoms with Crippen LogP contribution in [0.1, 0.15) is 36.5 Å². The van der Waals surface area contributed by atoms with Crippen LogP contribution in [0.3, 0.4) is 0 Å². The summed E-state index contributed by atoms with van der Waals surface area (Å²) >= 11 is 0. The fraction of sp³-hybridized carbons (Fsp3) is 0.571. The lowest BCUT2D eigenvalue weighted by Gasteiger charge is -2.25. The molecule has 1 aliphatic rings. The number of aliphatic hydroxyl groups is 1. The molecule has 2 heteroatoms. The van der Waals surface area contributed by atoms with Crippen molar-refractivity contribution < 1.29 is 9.84 Å². The number of aryl methyl sites for hydroxylation is 1. The first-order valence-corrected chi connectivity index (χ1v) is 6.08. The van der Waals surface area contributed by atoms with Crippen LogP contribution in [0.5, 0.6) is 0 Å². The van der Waals surface area contributed by atoms with Gasteiger partial charge in [-0.3, -0.25) is 0 Å². The summed E-state index contributed by atoms with van der Waals surface area (Å²) < 4.78 is 5.33. The molecule has 0 aromatic heterocycles. The second-order valence-electron chi connectivity index (χ2n) is 4.66. The summed E-state index contributed by atoms with van der Waals surface area (Å²) in [4.78, 5) is 0. The maximum atomic E-state index is 10.2. The average Bonchev–Trinajstić information content (AvgIpc) is 2.31. The van der Waals surface area contributed by atoms with Gasteiger partial charge in [0.25, 0.3) is 0 Å². The molecule has 2 rings (SSSR count). The molecular formula is C14H20O2. The van der Waals surface area contributed by atoms with E-state index in [1.54, 1.807) is 0 Å². The Morgan fingerprint density at radius 2 is 2.00 bits per heavy atom. The molecule has 1 aromatic carbocycles. The van der Waals surface area contributed by atoms with Gasteiger partial charge in [-0.15, -0.1) is 0 Å². The number of hydrogen-bond donors (Lipinski definition) is 1. The van der Waals surface area contributed by atoms with Gasteiger partial charge in [-0.1, -0.05) is 24.3 Å². The lowest BCUT2D eigenvalue weighted by Crippen LogP contribution is -2.18. The van der Waals surface area contributed by atoms with Crippen molar-refractivity contribution in [2.75, 3.05) is 13.2 Å². The van der Waals surface area contributed by atoms with E-state index in [2.05, 4.69) is 13.0 Å². The van der Waals surface area contributed by atoms with E-state index in [0.717, 1.165) is 38.0 Å². The summed E-state index contributed by atoms with van der Waals surface area (Å²) in [6.45, 7) is 3.76. The highest BCUT2D eigenvalue weighted by molar-refractivity contribution is 5.27. The van der Waals surface area contributed by atoms with Gasteiger partial charge in [0.15, 0.2) is 0 Å². The van der Waals surface area contributed by atoms with Gasteiger partial charge < -0.3 is 9.84 Å². The highest BCUT2D eigenvalue weighted by Gasteiger charge is 2.19. The van der Waals surface area contributed by atoms with E-state index in [-0.39, 0.29) is 6.10 Å². The van der Waals surface area contributed by atoms with E-state index < -0.39 is 0 Å². The molecule has 1 N–H and O–H groups in total. The summed E-state index contributed by atoms with van der Waals surface area (Å²) in [5.74, 6) is 0.614.